The zero-order valence-electron chi connectivity index (χ0n) is 56.1. The van der Waals surface area contributed by atoms with Crippen LogP contribution in [0.1, 0.15) is 251 Å². The molecule has 0 bridgehead atoms. The van der Waals surface area contributed by atoms with E-state index in [1.165, 1.54) is 96.3 Å². The molecule has 0 aliphatic carbocycles. The van der Waals surface area contributed by atoms with Crippen molar-refractivity contribution >= 4 is 13.7 Å². The van der Waals surface area contributed by atoms with Crippen molar-refractivity contribution < 1.29 is 32.9 Å². The minimum Gasteiger partial charge on any atom is -0.756 e. The third-order valence-corrected chi connectivity index (χ3v) is 15.3. The molecule has 9 heteroatoms. The standard InChI is InChI=1S/C78H129N2O6P/c1-6-8-10-12-14-16-18-20-22-24-26-28-30-32-33-34-35-36-37-38-39-40-41-42-43-44-45-46-47-48-50-52-54-56-58-60-62-64-66-68-70-72-78(82)79-76(75-86-87(83,84)85-74-73-80(3,4)5)77(81)71-69-67-65-63-61-59-57-55-53-51-49-31-29-27-25-23-21-19-17-15-13-11-9-7-2/h8,10,14,16,20,22,26,28,32-33,35-36,38-39,41-42,44-45,47-48,52-55,58,60-61,63,69,71,76-77,81H,6-7,9,11-13,15,17-19,21,23-25,27,29-31,34,37,40,43,46,49-51,56-57,59,62,64-68,70,72-75H2,1-5H3,(H-,79,82,83,84)/b10-8-,16-14-,22-20-,28-26-,33-32-,36-35-,39-38-,42-41-,45-44-,48-47-,54-52-,55-53+,60-58-,63-61+,71-69+. The molecular formula is C78H129N2O6P. The van der Waals surface area contributed by atoms with Crippen molar-refractivity contribution in [2.24, 2.45) is 0 Å². The van der Waals surface area contributed by atoms with Gasteiger partial charge >= 0.3 is 0 Å². The van der Waals surface area contributed by atoms with Crippen molar-refractivity contribution in [1.29, 1.82) is 0 Å². The van der Waals surface area contributed by atoms with Gasteiger partial charge in [-0.2, -0.15) is 0 Å². The minimum absolute atomic E-state index is 0.0241. The van der Waals surface area contributed by atoms with E-state index in [0.717, 1.165) is 122 Å². The number of hydrogen-bond acceptors (Lipinski definition) is 6. The van der Waals surface area contributed by atoms with Crippen LogP contribution >= 0.6 is 7.82 Å². The number of hydrogen-bond donors (Lipinski definition) is 2. The summed E-state index contributed by atoms with van der Waals surface area (Å²) in [6.45, 7) is 4.48. The molecule has 0 aromatic rings. The van der Waals surface area contributed by atoms with Crippen molar-refractivity contribution in [3.8, 4) is 0 Å². The lowest BCUT2D eigenvalue weighted by Crippen LogP contribution is -2.45. The largest absolute Gasteiger partial charge is 0.756 e. The molecule has 0 aromatic carbocycles. The van der Waals surface area contributed by atoms with E-state index >= 15 is 0 Å². The summed E-state index contributed by atoms with van der Waals surface area (Å²) in [5.74, 6) is -0.242. The predicted molar refractivity (Wildman–Crippen MR) is 380 cm³/mol. The van der Waals surface area contributed by atoms with Crippen LogP contribution in [0.25, 0.3) is 0 Å². The van der Waals surface area contributed by atoms with Crippen LogP contribution in [0.15, 0.2) is 182 Å². The molecule has 0 heterocycles. The quantitative estimate of drug-likeness (QED) is 0.0272. The molecule has 0 saturated carbocycles. The minimum atomic E-state index is -4.64. The Hall–Kier alpha value is -4.40. The van der Waals surface area contributed by atoms with Gasteiger partial charge in [-0.1, -0.05) is 292 Å². The van der Waals surface area contributed by atoms with Crippen LogP contribution in [-0.2, 0) is 18.4 Å². The number of quaternary nitrogens is 1. The first-order chi connectivity index (χ1) is 42.5. The number of nitrogens with zero attached hydrogens (tertiary/aromatic N) is 1. The maximum absolute atomic E-state index is 13.0. The molecule has 8 nitrogen and oxygen atoms in total. The molecule has 0 saturated heterocycles. The fourth-order valence-corrected chi connectivity index (χ4v) is 9.71. The first-order valence-corrected chi connectivity index (χ1v) is 36.1. The highest BCUT2D eigenvalue weighted by Crippen LogP contribution is 2.38. The molecule has 87 heavy (non-hydrogen) atoms. The number of rotatable bonds is 61. The van der Waals surface area contributed by atoms with Crippen LogP contribution in [-0.4, -0.2) is 68.5 Å². The third-order valence-electron chi connectivity index (χ3n) is 14.3. The smallest absolute Gasteiger partial charge is 0.268 e. The van der Waals surface area contributed by atoms with Gasteiger partial charge in [0.25, 0.3) is 7.82 Å². The van der Waals surface area contributed by atoms with Crippen LogP contribution in [0, 0.1) is 0 Å². The van der Waals surface area contributed by atoms with E-state index in [9.17, 15) is 19.4 Å². The monoisotopic (exact) mass is 1220 g/mol. The zero-order valence-corrected chi connectivity index (χ0v) is 57.0. The Morgan fingerprint density at radius 1 is 0.414 bits per heavy atom. The Kier molecular flexibility index (Phi) is 62.7. The van der Waals surface area contributed by atoms with Crippen molar-refractivity contribution in [3.63, 3.8) is 0 Å². The topological polar surface area (TPSA) is 108 Å². The Morgan fingerprint density at radius 2 is 0.713 bits per heavy atom. The molecule has 0 radical (unpaired) electrons. The van der Waals surface area contributed by atoms with Gasteiger partial charge in [0.1, 0.15) is 13.2 Å². The molecule has 0 aliphatic rings. The molecule has 0 fully saturated rings. The van der Waals surface area contributed by atoms with Crippen LogP contribution in [0.3, 0.4) is 0 Å². The maximum Gasteiger partial charge on any atom is 0.268 e. The van der Waals surface area contributed by atoms with Gasteiger partial charge in [-0.05, 0) is 135 Å². The number of unbranched alkanes of at least 4 members (excludes halogenated alkanes) is 20. The van der Waals surface area contributed by atoms with Crippen molar-refractivity contribution in [2.75, 3.05) is 40.9 Å². The van der Waals surface area contributed by atoms with E-state index in [0.29, 0.717) is 23.9 Å². The van der Waals surface area contributed by atoms with Crippen LogP contribution in [0.5, 0.6) is 0 Å². The summed E-state index contributed by atoms with van der Waals surface area (Å²) >= 11 is 0. The number of nitrogens with one attached hydrogen (secondary N) is 1. The highest BCUT2D eigenvalue weighted by Gasteiger charge is 2.23. The number of carbonyl (C=O) groups excluding carboxylic acids is 1. The Balaban J connectivity index is 4.27. The zero-order chi connectivity index (χ0) is 63.4. The summed E-state index contributed by atoms with van der Waals surface area (Å²) in [6, 6.07) is -0.939. The third kappa shape index (κ3) is 68.9. The van der Waals surface area contributed by atoms with E-state index in [-0.39, 0.29) is 18.9 Å². The summed E-state index contributed by atoms with van der Waals surface area (Å²) < 4.78 is 23.4. The van der Waals surface area contributed by atoms with E-state index < -0.39 is 26.6 Å². The van der Waals surface area contributed by atoms with Gasteiger partial charge in [0.05, 0.1) is 39.9 Å². The lowest BCUT2D eigenvalue weighted by atomic mass is 10.0. The summed E-state index contributed by atoms with van der Waals surface area (Å²) in [5, 5.41) is 13.9. The molecule has 3 atom stereocenters. The summed E-state index contributed by atoms with van der Waals surface area (Å²) in [4.78, 5) is 25.6. The SMILES string of the molecule is CC/C=C\C/C=C\C/C=C\C/C=C\C/C=C\C/C=C\C/C=C\C/C=C\C/C=C\C/C=C\C/C=C\C/C=C\CCCCCCC(=O)NC(COP(=O)([O-])OCC[N+](C)(C)C)C(O)/C=C/CC/C=C/CC/C=C/CCCCCCCCCCCCCCCC. The number of aliphatic hydroxyl groups is 1. The van der Waals surface area contributed by atoms with Crippen molar-refractivity contribution in [1.82, 2.24) is 5.32 Å². The second-order valence-corrected chi connectivity index (χ2v) is 25.2. The number of allylic oxidation sites excluding steroid dienone is 29. The second kappa shape index (κ2) is 66.0. The Labute approximate surface area is 536 Å². The fourth-order valence-electron chi connectivity index (χ4n) is 8.99. The van der Waals surface area contributed by atoms with Crippen LogP contribution in [0.4, 0.5) is 0 Å². The first kappa shape index (κ1) is 82.6. The number of carbonyl (C=O) groups is 1. The number of amides is 1. The first-order valence-electron chi connectivity index (χ1n) is 34.6. The van der Waals surface area contributed by atoms with Crippen LogP contribution < -0.4 is 10.2 Å². The van der Waals surface area contributed by atoms with Crippen LogP contribution in [0.2, 0.25) is 0 Å². The van der Waals surface area contributed by atoms with Gasteiger partial charge in [0.15, 0.2) is 0 Å². The van der Waals surface area contributed by atoms with E-state index in [2.05, 4.69) is 189 Å². The molecule has 492 valence electrons. The Morgan fingerprint density at radius 3 is 1.07 bits per heavy atom. The molecule has 0 spiro atoms. The summed E-state index contributed by atoms with van der Waals surface area (Å²) in [7, 11) is 1.19. The van der Waals surface area contributed by atoms with Crippen molar-refractivity contribution in [3.05, 3.63) is 182 Å². The molecule has 0 rings (SSSR count). The number of aliphatic hydroxyl groups excluding tert-OH is 1. The maximum atomic E-state index is 13.0. The summed E-state index contributed by atoms with van der Waals surface area (Å²) in [6.07, 6.45) is 106. The number of phosphoric acid groups is 1. The van der Waals surface area contributed by atoms with Gasteiger partial charge in [0.2, 0.25) is 5.91 Å². The highest BCUT2D eigenvalue weighted by molar-refractivity contribution is 7.45. The van der Waals surface area contributed by atoms with Gasteiger partial charge in [-0.15, -0.1) is 0 Å². The lowest BCUT2D eigenvalue weighted by Gasteiger charge is -2.29. The van der Waals surface area contributed by atoms with E-state index in [1.807, 2.05) is 27.2 Å². The van der Waals surface area contributed by atoms with Crippen molar-refractivity contribution in [2.45, 2.75) is 264 Å². The average molecular weight is 1220 g/mol. The van der Waals surface area contributed by atoms with Gasteiger partial charge in [-0.3, -0.25) is 9.36 Å². The summed E-state index contributed by atoms with van der Waals surface area (Å²) in [5.41, 5.74) is 0. The second-order valence-electron chi connectivity index (χ2n) is 23.8. The average Bonchev–Trinajstić information content (AvgIpc) is 3.71. The molecule has 1 amide bonds. The van der Waals surface area contributed by atoms with E-state index in [1.54, 1.807) is 6.08 Å². The normalized spacial score (nSPS) is 14.8. The molecule has 3 unspecified atom stereocenters. The fraction of sp³-hybridized carbons (Fsp3) is 0.603. The van der Waals surface area contributed by atoms with Gasteiger partial charge in [0, 0.05) is 6.42 Å². The molecule has 0 aromatic heterocycles. The van der Waals surface area contributed by atoms with E-state index in [4.69, 9.17) is 9.05 Å². The molecular weight excluding hydrogens is 1090 g/mol. The Bertz CT molecular complexity index is 2070. The number of likely N-dealkylation sites (N-methyl/N-ethyl adjacent to an activating group) is 1. The van der Waals surface area contributed by atoms with Gasteiger partial charge < -0.3 is 28.8 Å². The number of phosphoric ester groups is 1. The molecule has 2 N–H and O–H groups in total. The predicted octanol–water partition coefficient (Wildman–Crippen LogP) is 21.9. The van der Waals surface area contributed by atoms with Gasteiger partial charge in [-0.25, -0.2) is 0 Å². The lowest BCUT2D eigenvalue weighted by molar-refractivity contribution is -0.870. The molecule has 0 aliphatic heterocycles. The highest BCUT2D eigenvalue weighted by atomic mass is 31.2.